The van der Waals surface area contributed by atoms with Crippen LogP contribution in [0.1, 0.15) is 102 Å². The smallest absolute Gasteiger partial charge is 0.328 e. The topological polar surface area (TPSA) is 55.4 Å². The SMILES string of the molecule is CCCCCCCCC=CCCCCCCCC(=O)N[C@@H](Cc1ccccc1)C(=O)OC. The highest BCUT2D eigenvalue weighted by Gasteiger charge is 2.21. The fourth-order valence-electron chi connectivity index (χ4n) is 3.81. The summed E-state index contributed by atoms with van der Waals surface area (Å²) in [4.78, 5) is 24.3. The fourth-order valence-corrected chi connectivity index (χ4v) is 3.81. The molecule has 32 heavy (non-hydrogen) atoms. The maximum Gasteiger partial charge on any atom is 0.328 e. The quantitative estimate of drug-likeness (QED) is 0.143. The van der Waals surface area contributed by atoms with Crippen molar-refractivity contribution < 1.29 is 14.3 Å². The zero-order valence-corrected chi connectivity index (χ0v) is 20.5. The Kier molecular flexibility index (Phi) is 17.1. The minimum Gasteiger partial charge on any atom is -0.467 e. The molecule has 0 heterocycles. The maximum absolute atomic E-state index is 12.3. The van der Waals surface area contributed by atoms with Crippen LogP contribution in [0, 0.1) is 0 Å². The molecule has 0 aliphatic rings. The molecule has 0 aromatic heterocycles. The number of hydrogen-bond acceptors (Lipinski definition) is 3. The van der Waals surface area contributed by atoms with Gasteiger partial charge in [-0.05, 0) is 37.7 Å². The van der Waals surface area contributed by atoms with Crippen molar-refractivity contribution in [1.82, 2.24) is 5.32 Å². The summed E-state index contributed by atoms with van der Waals surface area (Å²) in [5.74, 6) is -0.472. The van der Waals surface area contributed by atoms with E-state index in [1.165, 1.54) is 64.9 Å². The maximum atomic E-state index is 12.3. The van der Waals surface area contributed by atoms with Gasteiger partial charge in [-0.3, -0.25) is 4.79 Å². The van der Waals surface area contributed by atoms with Gasteiger partial charge in [-0.2, -0.15) is 0 Å². The van der Waals surface area contributed by atoms with Gasteiger partial charge in [0.1, 0.15) is 6.04 Å². The third-order valence-corrected chi connectivity index (χ3v) is 5.77. The Labute approximate surface area is 196 Å². The molecule has 0 aliphatic heterocycles. The van der Waals surface area contributed by atoms with Crippen LogP contribution in [0.25, 0.3) is 0 Å². The van der Waals surface area contributed by atoms with Crippen molar-refractivity contribution in [3.05, 3.63) is 48.0 Å². The molecule has 0 saturated carbocycles. The van der Waals surface area contributed by atoms with E-state index < -0.39 is 12.0 Å². The summed E-state index contributed by atoms with van der Waals surface area (Å²) in [5.41, 5.74) is 1.00. The molecule has 4 heteroatoms. The number of ether oxygens (including phenoxy) is 1. The third-order valence-electron chi connectivity index (χ3n) is 5.77. The van der Waals surface area contributed by atoms with Crippen LogP contribution in [0.4, 0.5) is 0 Å². The summed E-state index contributed by atoms with van der Waals surface area (Å²) in [6, 6.07) is 9.06. The number of allylic oxidation sites excluding steroid dienone is 2. The molecule has 1 aromatic carbocycles. The van der Waals surface area contributed by atoms with Crippen molar-refractivity contribution in [3.63, 3.8) is 0 Å². The highest BCUT2D eigenvalue weighted by Crippen LogP contribution is 2.10. The molecule has 0 fully saturated rings. The molecule has 180 valence electrons. The van der Waals surface area contributed by atoms with E-state index in [0.29, 0.717) is 12.8 Å². The van der Waals surface area contributed by atoms with E-state index in [9.17, 15) is 9.59 Å². The molecule has 1 aromatic rings. The number of hydrogen-bond donors (Lipinski definition) is 1. The van der Waals surface area contributed by atoms with Crippen molar-refractivity contribution in [1.29, 1.82) is 0 Å². The van der Waals surface area contributed by atoms with E-state index in [0.717, 1.165) is 31.2 Å². The lowest BCUT2D eigenvalue weighted by Gasteiger charge is -2.16. The Balaban J connectivity index is 2.05. The van der Waals surface area contributed by atoms with Gasteiger partial charge in [0.25, 0.3) is 0 Å². The lowest BCUT2D eigenvalue weighted by molar-refractivity contribution is -0.145. The van der Waals surface area contributed by atoms with Gasteiger partial charge in [0.15, 0.2) is 0 Å². The van der Waals surface area contributed by atoms with Crippen molar-refractivity contribution >= 4 is 11.9 Å². The molecule has 0 spiro atoms. The molecule has 4 nitrogen and oxygen atoms in total. The number of carbonyl (C=O) groups excluding carboxylic acids is 2. The third kappa shape index (κ3) is 14.8. The molecule has 1 atom stereocenters. The van der Waals surface area contributed by atoms with E-state index >= 15 is 0 Å². The number of rotatable bonds is 19. The van der Waals surface area contributed by atoms with Gasteiger partial charge in [0, 0.05) is 12.8 Å². The Hall–Kier alpha value is -2.10. The zero-order valence-electron chi connectivity index (χ0n) is 20.5. The van der Waals surface area contributed by atoms with Crippen LogP contribution < -0.4 is 5.32 Å². The summed E-state index contributed by atoms with van der Waals surface area (Å²) in [7, 11) is 1.36. The number of nitrogens with one attached hydrogen (secondary N) is 1. The first-order chi connectivity index (χ1) is 15.7. The Bertz CT molecular complexity index is 627. The molecule has 1 N–H and O–H groups in total. The van der Waals surface area contributed by atoms with Gasteiger partial charge < -0.3 is 10.1 Å². The van der Waals surface area contributed by atoms with Gasteiger partial charge >= 0.3 is 5.97 Å². The van der Waals surface area contributed by atoms with E-state index in [-0.39, 0.29) is 5.91 Å². The van der Waals surface area contributed by atoms with Crippen molar-refractivity contribution in [2.24, 2.45) is 0 Å². The summed E-state index contributed by atoms with van der Waals surface area (Å²) in [5, 5.41) is 2.84. The molecule has 0 unspecified atom stereocenters. The van der Waals surface area contributed by atoms with Crippen molar-refractivity contribution in [3.8, 4) is 0 Å². The highest BCUT2D eigenvalue weighted by atomic mass is 16.5. The molecule has 1 rings (SSSR count). The van der Waals surface area contributed by atoms with Crippen LogP contribution in [0.2, 0.25) is 0 Å². The summed E-state index contributed by atoms with van der Waals surface area (Å²) in [6.07, 6.45) is 21.6. The summed E-state index contributed by atoms with van der Waals surface area (Å²) < 4.78 is 4.86. The van der Waals surface area contributed by atoms with Crippen LogP contribution in [-0.2, 0) is 20.7 Å². The first kappa shape index (κ1) is 27.9. The second kappa shape index (κ2) is 19.6. The van der Waals surface area contributed by atoms with E-state index in [1.54, 1.807) is 0 Å². The molecule has 0 aliphatic carbocycles. The summed E-state index contributed by atoms with van der Waals surface area (Å²) in [6.45, 7) is 2.26. The standard InChI is InChI=1S/C28H45NO3/c1-3-4-5-6-7-8-9-10-11-12-13-14-15-16-20-23-27(30)29-26(28(31)32-2)24-25-21-18-17-19-22-25/h10-11,17-19,21-22,26H,3-9,12-16,20,23-24H2,1-2H3,(H,29,30)/t26-/m0/s1. The van der Waals surface area contributed by atoms with Gasteiger partial charge in [0.05, 0.1) is 7.11 Å². The Morgan fingerprint density at radius 2 is 1.41 bits per heavy atom. The predicted molar refractivity (Wildman–Crippen MR) is 134 cm³/mol. The van der Waals surface area contributed by atoms with Gasteiger partial charge in [-0.25, -0.2) is 4.79 Å². The minimum absolute atomic E-state index is 0.0750. The number of esters is 1. The number of benzene rings is 1. The van der Waals surface area contributed by atoms with E-state index in [1.807, 2.05) is 30.3 Å². The summed E-state index contributed by atoms with van der Waals surface area (Å²) >= 11 is 0. The second-order valence-electron chi connectivity index (χ2n) is 8.67. The fraction of sp³-hybridized carbons (Fsp3) is 0.643. The largest absolute Gasteiger partial charge is 0.467 e. The predicted octanol–water partition coefficient (Wildman–Crippen LogP) is 6.92. The van der Waals surface area contributed by atoms with Gasteiger partial charge in [-0.15, -0.1) is 0 Å². The average Bonchev–Trinajstić information content (AvgIpc) is 2.81. The first-order valence-electron chi connectivity index (χ1n) is 12.7. The van der Waals surface area contributed by atoms with Crippen molar-refractivity contribution in [2.45, 2.75) is 109 Å². The van der Waals surface area contributed by atoms with Gasteiger partial charge in [-0.1, -0.05) is 101 Å². The molecule has 0 saturated heterocycles. The van der Waals surface area contributed by atoms with Crippen LogP contribution >= 0.6 is 0 Å². The second-order valence-corrected chi connectivity index (χ2v) is 8.67. The lowest BCUT2D eigenvalue weighted by atomic mass is 10.1. The lowest BCUT2D eigenvalue weighted by Crippen LogP contribution is -2.43. The minimum atomic E-state index is -0.627. The zero-order chi connectivity index (χ0) is 23.3. The Morgan fingerprint density at radius 1 is 0.844 bits per heavy atom. The average molecular weight is 444 g/mol. The van der Waals surface area contributed by atoms with Gasteiger partial charge in [0.2, 0.25) is 5.91 Å². The monoisotopic (exact) mass is 443 g/mol. The molecular weight excluding hydrogens is 398 g/mol. The highest BCUT2D eigenvalue weighted by molar-refractivity contribution is 5.84. The molecule has 0 bridgehead atoms. The van der Waals surface area contributed by atoms with E-state index in [4.69, 9.17) is 4.74 Å². The number of unbranched alkanes of at least 4 members (excludes halogenated alkanes) is 11. The molecule has 0 radical (unpaired) electrons. The first-order valence-corrected chi connectivity index (χ1v) is 12.7. The van der Waals surface area contributed by atoms with Crippen LogP contribution in [0.15, 0.2) is 42.5 Å². The van der Waals surface area contributed by atoms with E-state index in [2.05, 4.69) is 24.4 Å². The normalized spacial score (nSPS) is 12.1. The molecule has 1 amide bonds. The number of amides is 1. The van der Waals surface area contributed by atoms with Crippen molar-refractivity contribution in [2.75, 3.05) is 7.11 Å². The number of carbonyl (C=O) groups is 2. The van der Waals surface area contributed by atoms with Crippen LogP contribution in [-0.4, -0.2) is 25.0 Å². The van der Waals surface area contributed by atoms with Crippen LogP contribution in [0.5, 0.6) is 0 Å². The molecular formula is C28H45NO3. The van der Waals surface area contributed by atoms with Crippen LogP contribution in [0.3, 0.4) is 0 Å². The number of methoxy groups -OCH3 is 1. The Morgan fingerprint density at radius 3 is 2.00 bits per heavy atom.